The first-order valence-electron chi connectivity index (χ1n) is 9.14. The molecule has 0 spiro atoms. The van der Waals surface area contributed by atoms with Crippen molar-refractivity contribution in [2.75, 3.05) is 33.4 Å². The van der Waals surface area contributed by atoms with Crippen LogP contribution in [-0.2, 0) is 16.0 Å². The minimum Gasteiger partial charge on any atom is -0.488 e. The fraction of sp³-hybridized carbons (Fsp3) is 0.632. The van der Waals surface area contributed by atoms with Crippen LogP contribution in [0.1, 0.15) is 30.4 Å². The second-order valence-electron chi connectivity index (χ2n) is 6.66. The van der Waals surface area contributed by atoms with Crippen molar-refractivity contribution in [1.82, 2.24) is 10.6 Å². The van der Waals surface area contributed by atoms with E-state index < -0.39 is 0 Å². The molecule has 2 unspecified atom stereocenters. The first-order valence-corrected chi connectivity index (χ1v) is 9.14. The van der Waals surface area contributed by atoms with Gasteiger partial charge in [-0.2, -0.15) is 0 Å². The van der Waals surface area contributed by atoms with Gasteiger partial charge >= 0.3 is 0 Å². The monoisotopic (exact) mass is 347 g/mol. The van der Waals surface area contributed by atoms with Crippen molar-refractivity contribution < 1.29 is 14.2 Å². The fourth-order valence-corrected chi connectivity index (χ4v) is 3.12. The van der Waals surface area contributed by atoms with Gasteiger partial charge in [0.05, 0.1) is 19.3 Å². The second-order valence-corrected chi connectivity index (χ2v) is 6.66. The quantitative estimate of drug-likeness (QED) is 0.609. The second kappa shape index (κ2) is 9.06. The Hall–Kier alpha value is -1.79. The lowest BCUT2D eigenvalue weighted by molar-refractivity contribution is 0.114. The Balaban J connectivity index is 1.55. The zero-order valence-electron chi connectivity index (χ0n) is 15.2. The van der Waals surface area contributed by atoms with Crippen LogP contribution in [0.15, 0.2) is 23.2 Å². The summed E-state index contributed by atoms with van der Waals surface area (Å²) in [6.45, 7) is 5.85. The van der Waals surface area contributed by atoms with E-state index in [0.717, 1.165) is 56.3 Å². The normalized spacial score (nSPS) is 23.7. The van der Waals surface area contributed by atoms with Gasteiger partial charge in [-0.1, -0.05) is 12.1 Å². The summed E-state index contributed by atoms with van der Waals surface area (Å²) in [5, 5.41) is 6.71. The SMILES string of the molecule is CN=C(NCc1ccc(C)cc1OC1CCOC1)NCC1CCCO1. The number of nitrogens with zero attached hydrogens (tertiary/aromatic N) is 1. The summed E-state index contributed by atoms with van der Waals surface area (Å²) in [6.07, 6.45) is 3.65. The van der Waals surface area contributed by atoms with Crippen molar-refractivity contribution in [3.63, 3.8) is 0 Å². The third kappa shape index (κ3) is 5.34. The standard InChI is InChI=1S/C19H29N3O3/c1-14-5-6-15(18(10-14)25-17-7-9-23-13-17)11-21-19(20-2)22-12-16-4-3-8-24-16/h5-6,10,16-17H,3-4,7-9,11-13H2,1-2H3,(H2,20,21,22). The molecule has 0 amide bonds. The van der Waals surface area contributed by atoms with E-state index in [9.17, 15) is 0 Å². The molecule has 2 atom stereocenters. The van der Waals surface area contributed by atoms with Gasteiger partial charge in [-0.25, -0.2) is 0 Å². The van der Waals surface area contributed by atoms with Crippen LogP contribution >= 0.6 is 0 Å². The van der Waals surface area contributed by atoms with Gasteiger partial charge in [0.2, 0.25) is 0 Å². The van der Waals surface area contributed by atoms with E-state index in [-0.39, 0.29) is 6.10 Å². The van der Waals surface area contributed by atoms with Crippen molar-refractivity contribution in [2.24, 2.45) is 4.99 Å². The molecule has 0 aromatic heterocycles. The molecule has 3 rings (SSSR count). The molecule has 138 valence electrons. The predicted octanol–water partition coefficient (Wildman–Crippen LogP) is 2.01. The molecular formula is C19H29N3O3. The highest BCUT2D eigenvalue weighted by Crippen LogP contribution is 2.23. The molecule has 0 saturated carbocycles. The number of ether oxygens (including phenoxy) is 3. The van der Waals surface area contributed by atoms with Crippen LogP contribution in [0.2, 0.25) is 0 Å². The van der Waals surface area contributed by atoms with Gasteiger partial charge in [0.15, 0.2) is 5.96 Å². The lowest BCUT2D eigenvalue weighted by atomic mass is 10.1. The number of nitrogens with one attached hydrogen (secondary N) is 2. The Bertz CT molecular complexity index is 579. The van der Waals surface area contributed by atoms with Crippen LogP contribution < -0.4 is 15.4 Å². The fourth-order valence-electron chi connectivity index (χ4n) is 3.12. The largest absolute Gasteiger partial charge is 0.488 e. The highest BCUT2D eigenvalue weighted by atomic mass is 16.5. The molecule has 2 N–H and O–H groups in total. The van der Waals surface area contributed by atoms with Crippen molar-refractivity contribution in [3.8, 4) is 5.75 Å². The van der Waals surface area contributed by atoms with Crippen LogP contribution in [0.4, 0.5) is 0 Å². The van der Waals surface area contributed by atoms with Crippen molar-refractivity contribution in [2.45, 2.75) is 44.9 Å². The summed E-state index contributed by atoms with van der Waals surface area (Å²) in [5.41, 5.74) is 2.32. The Morgan fingerprint density at radius 1 is 1.28 bits per heavy atom. The molecule has 2 aliphatic heterocycles. The van der Waals surface area contributed by atoms with Gasteiger partial charge in [-0.15, -0.1) is 0 Å². The molecule has 2 aliphatic rings. The average Bonchev–Trinajstić information content (AvgIpc) is 3.30. The van der Waals surface area contributed by atoms with Crippen molar-refractivity contribution in [3.05, 3.63) is 29.3 Å². The third-order valence-electron chi connectivity index (χ3n) is 4.60. The summed E-state index contributed by atoms with van der Waals surface area (Å²) >= 11 is 0. The highest BCUT2D eigenvalue weighted by Gasteiger charge is 2.19. The van der Waals surface area contributed by atoms with E-state index in [1.807, 2.05) is 0 Å². The van der Waals surface area contributed by atoms with Crippen LogP contribution in [0.5, 0.6) is 5.75 Å². The molecule has 2 fully saturated rings. The van der Waals surface area contributed by atoms with Gasteiger partial charge < -0.3 is 24.8 Å². The molecule has 6 nitrogen and oxygen atoms in total. The first-order chi connectivity index (χ1) is 12.2. The number of hydrogen-bond donors (Lipinski definition) is 2. The topological polar surface area (TPSA) is 64.1 Å². The van der Waals surface area contributed by atoms with Gasteiger partial charge in [0.1, 0.15) is 11.9 Å². The Morgan fingerprint density at radius 2 is 2.20 bits per heavy atom. The van der Waals surface area contributed by atoms with Gasteiger partial charge in [0.25, 0.3) is 0 Å². The van der Waals surface area contributed by atoms with Crippen molar-refractivity contribution in [1.29, 1.82) is 0 Å². The van der Waals surface area contributed by atoms with Crippen LogP contribution in [0.25, 0.3) is 0 Å². The first kappa shape index (κ1) is 18.0. The van der Waals surface area contributed by atoms with Gasteiger partial charge in [-0.05, 0) is 31.4 Å². The van der Waals surface area contributed by atoms with E-state index >= 15 is 0 Å². The highest BCUT2D eigenvalue weighted by molar-refractivity contribution is 5.79. The number of rotatable bonds is 6. The molecule has 1 aromatic rings. The van der Waals surface area contributed by atoms with E-state index in [1.54, 1.807) is 7.05 Å². The molecule has 2 heterocycles. The van der Waals surface area contributed by atoms with Crippen molar-refractivity contribution >= 4 is 5.96 Å². The smallest absolute Gasteiger partial charge is 0.191 e. The van der Waals surface area contributed by atoms with E-state index in [4.69, 9.17) is 14.2 Å². The zero-order valence-corrected chi connectivity index (χ0v) is 15.2. The van der Waals surface area contributed by atoms with Crippen LogP contribution in [-0.4, -0.2) is 51.6 Å². The number of guanidine groups is 1. The molecule has 0 aliphatic carbocycles. The zero-order chi connectivity index (χ0) is 17.5. The number of hydrogen-bond acceptors (Lipinski definition) is 4. The maximum Gasteiger partial charge on any atom is 0.191 e. The van der Waals surface area contributed by atoms with Crippen LogP contribution in [0, 0.1) is 6.92 Å². The summed E-state index contributed by atoms with van der Waals surface area (Å²) in [7, 11) is 1.78. The van der Waals surface area contributed by atoms with E-state index in [0.29, 0.717) is 19.3 Å². The summed E-state index contributed by atoms with van der Waals surface area (Å²) in [5.74, 6) is 1.71. The van der Waals surface area contributed by atoms with E-state index in [2.05, 4.69) is 40.7 Å². The molecule has 6 heteroatoms. The molecule has 0 radical (unpaired) electrons. The molecule has 25 heavy (non-hydrogen) atoms. The summed E-state index contributed by atoms with van der Waals surface area (Å²) in [6, 6.07) is 6.32. The molecule has 2 saturated heterocycles. The molecular weight excluding hydrogens is 318 g/mol. The van der Waals surface area contributed by atoms with Gasteiger partial charge in [-0.3, -0.25) is 4.99 Å². The molecule has 0 bridgehead atoms. The third-order valence-corrected chi connectivity index (χ3v) is 4.60. The van der Waals surface area contributed by atoms with Crippen LogP contribution in [0.3, 0.4) is 0 Å². The van der Waals surface area contributed by atoms with Gasteiger partial charge in [0, 0.05) is 38.7 Å². The number of benzene rings is 1. The lowest BCUT2D eigenvalue weighted by Gasteiger charge is -2.18. The predicted molar refractivity (Wildman–Crippen MR) is 98.2 cm³/mol. The number of aryl methyl sites for hydroxylation is 1. The minimum atomic E-state index is 0.150. The Kier molecular flexibility index (Phi) is 6.53. The Labute approximate surface area is 149 Å². The average molecular weight is 347 g/mol. The lowest BCUT2D eigenvalue weighted by Crippen LogP contribution is -2.40. The maximum absolute atomic E-state index is 6.15. The van der Waals surface area contributed by atoms with E-state index in [1.165, 1.54) is 5.56 Å². The maximum atomic E-state index is 6.15. The summed E-state index contributed by atoms with van der Waals surface area (Å²) < 4.78 is 17.2. The summed E-state index contributed by atoms with van der Waals surface area (Å²) in [4.78, 5) is 4.29. The molecule has 1 aromatic carbocycles. The minimum absolute atomic E-state index is 0.150. The Morgan fingerprint density at radius 3 is 2.92 bits per heavy atom. The number of aliphatic imine (C=N–C) groups is 1.